The van der Waals surface area contributed by atoms with Crippen molar-refractivity contribution in [2.45, 2.75) is 19.1 Å². The largest absolute Gasteiger partial charge is 0.454 e. The van der Waals surface area contributed by atoms with Crippen molar-refractivity contribution in [1.82, 2.24) is 19.9 Å². The molecule has 0 aliphatic carbocycles. The van der Waals surface area contributed by atoms with Crippen LogP contribution in [0.15, 0.2) is 36.5 Å². The number of carbonyl (C=O) groups is 1. The minimum absolute atomic E-state index is 0.00661. The van der Waals surface area contributed by atoms with Crippen molar-refractivity contribution in [3.63, 3.8) is 0 Å². The van der Waals surface area contributed by atoms with Crippen molar-refractivity contribution in [2.75, 3.05) is 18.7 Å². The van der Waals surface area contributed by atoms with Crippen LogP contribution in [0, 0.1) is 0 Å². The van der Waals surface area contributed by atoms with E-state index >= 15 is 0 Å². The molecular formula is C18H16F3N5O3. The lowest BCUT2D eigenvalue weighted by Gasteiger charge is -2.12. The number of aryl methyl sites for hydroxylation is 1. The van der Waals surface area contributed by atoms with Crippen molar-refractivity contribution in [3.8, 4) is 11.5 Å². The number of imidazole rings is 1. The van der Waals surface area contributed by atoms with Gasteiger partial charge in [-0.2, -0.15) is 13.2 Å². The van der Waals surface area contributed by atoms with Gasteiger partial charge in [0.15, 0.2) is 17.1 Å². The molecule has 152 valence electrons. The summed E-state index contributed by atoms with van der Waals surface area (Å²) in [6.07, 6.45) is -2.91. The van der Waals surface area contributed by atoms with Gasteiger partial charge in [0.2, 0.25) is 12.6 Å². The number of hydrogen-bond acceptors (Lipinski definition) is 5. The number of urea groups is 1. The van der Waals surface area contributed by atoms with Gasteiger partial charge in [0, 0.05) is 31.0 Å². The summed E-state index contributed by atoms with van der Waals surface area (Å²) < 4.78 is 51.2. The molecule has 8 nitrogen and oxygen atoms in total. The first kappa shape index (κ1) is 18.8. The number of rotatable bonds is 5. The molecule has 1 aromatic carbocycles. The molecule has 29 heavy (non-hydrogen) atoms. The fourth-order valence-electron chi connectivity index (χ4n) is 2.98. The van der Waals surface area contributed by atoms with Gasteiger partial charge in [-0.05, 0) is 30.7 Å². The first-order valence-corrected chi connectivity index (χ1v) is 8.75. The van der Waals surface area contributed by atoms with E-state index in [4.69, 9.17) is 9.47 Å². The molecule has 1 aliphatic heterocycles. The van der Waals surface area contributed by atoms with E-state index in [0.29, 0.717) is 17.2 Å². The highest BCUT2D eigenvalue weighted by molar-refractivity contribution is 5.89. The molecule has 3 heterocycles. The summed E-state index contributed by atoms with van der Waals surface area (Å²) in [4.78, 5) is 19.6. The third-order valence-electron chi connectivity index (χ3n) is 4.23. The van der Waals surface area contributed by atoms with Gasteiger partial charge in [0.05, 0.1) is 0 Å². The topological polar surface area (TPSA) is 90.3 Å². The monoisotopic (exact) mass is 407 g/mol. The second kappa shape index (κ2) is 7.49. The molecule has 0 radical (unpaired) electrons. The van der Waals surface area contributed by atoms with Gasteiger partial charge in [-0.15, -0.1) is 0 Å². The summed E-state index contributed by atoms with van der Waals surface area (Å²) in [6, 6.07) is 7.49. The Bertz CT molecular complexity index is 1050. The molecule has 0 unspecified atom stereocenters. The first-order chi connectivity index (χ1) is 13.9. The van der Waals surface area contributed by atoms with Crippen molar-refractivity contribution >= 4 is 22.9 Å². The Hall–Kier alpha value is -3.50. The number of fused-ring (bicyclic) bond motifs is 2. The average Bonchev–Trinajstić information content (AvgIpc) is 3.29. The fourth-order valence-corrected chi connectivity index (χ4v) is 2.98. The Kier molecular flexibility index (Phi) is 4.87. The number of halogens is 3. The van der Waals surface area contributed by atoms with E-state index < -0.39 is 18.0 Å². The maximum Gasteiger partial charge on any atom is 0.449 e. The maximum absolute atomic E-state index is 13.3. The Balaban J connectivity index is 1.34. The SMILES string of the molecule is O=C(NCCCn1c(C(F)(F)F)nc2cccnc21)Nc1ccc2c(c1)OCO2. The van der Waals surface area contributed by atoms with Crippen molar-refractivity contribution in [2.24, 2.45) is 0 Å². The highest BCUT2D eigenvalue weighted by Crippen LogP contribution is 2.34. The fraction of sp³-hybridized carbons (Fsp3) is 0.278. The lowest BCUT2D eigenvalue weighted by molar-refractivity contribution is -0.147. The third-order valence-corrected chi connectivity index (χ3v) is 4.23. The standard InChI is InChI=1S/C18H16F3N5O3/c19-18(20,21)16-25-12-3-1-6-22-15(12)26(16)8-2-7-23-17(27)24-11-4-5-13-14(9-11)29-10-28-13/h1,3-6,9H,2,7-8,10H2,(H2,23,24,27). The van der Waals surface area contributed by atoms with E-state index in [1.165, 1.54) is 18.3 Å². The van der Waals surface area contributed by atoms with E-state index in [0.717, 1.165) is 4.57 Å². The van der Waals surface area contributed by atoms with Crippen LogP contribution in [-0.2, 0) is 12.7 Å². The van der Waals surface area contributed by atoms with Gasteiger partial charge in [0.25, 0.3) is 0 Å². The zero-order valence-corrected chi connectivity index (χ0v) is 15.0. The first-order valence-electron chi connectivity index (χ1n) is 8.75. The van der Waals surface area contributed by atoms with Crippen LogP contribution < -0.4 is 20.1 Å². The summed E-state index contributed by atoms with van der Waals surface area (Å²) in [7, 11) is 0. The number of ether oxygens (including phenoxy) is 2. The molecule has 0 saturated heterocycles. The molecule has 0 saturated carbocycles. The number of nitrogens with zero attached hydrogens (tertiary/aromatic N) is 3. The quantitative estimate of drug-likeness (QED) is 0.633. The summed E-state index contributed by atoms with van der Waals surface area (Å²) in [5.41, 5.74) is 0.842. The minimum atomic E-state index is -4.59. The van der Waals surface area contributed by atoms with Crippen molar-refractivity contribution < 1.29 is 27.4 Å². The number of anilines is 1. The molecule has 4 rings (SSSR count). The van der Waals surface area contributed by atoms with Crippen LogP contribution >= 0.6 is 0 Å². The summed E-state index contributed by atoms with van der Waals surface area (Å²) in [5, 5.41) is 5.24. The highest BCUT2D eigenvalue weighted by Gasteiger charge is 2.37. The Morgan fingerprint density at radius 1 is 1.21 bits per heavy atom. The van der Waals surface area contributed by atoms with Crippen LogP contribution in [0.2, 0.25) is 0 Å². The van der Waals surface area contributed by atoms with Crippen molar-refractivity contribution in [3.05, 3.63) is 42.4 Å². The molecule has 11 heteroatoms. The van der Waals surface area contributed by atoms with E-state index in [1.54, 1.807) is 18.2 Å². The predicted octanol–water partition coefficient (Wildman–Crippen LogP) is 3.39. The molecule has 1 aliphatic rings. The third kappa shape index (κ3) is 4.03. The van der Waals surface area contributed by atoms with E-state index in [9.17, 15) is 18.0 Å². The summed E-state index contributed by atoms with van der Waals surface area (Å²) in [5.74, 6) is 0.121. The molecule has 2 N–H and O–H groups in total. The number of aromatic nitrogens is 3. The Morgan fingerprint density at radius 2 is 2.03 bits per heavy atom. The van der Waals surface area contributed by atoms with Gasteiger partial charge in [-0.3, -0.25) is 0 Å². The van der Waals surface area contributed by atoms with E-state index in [2.05, 4.69) is 20.6 Å². The van der Waals surface area contributed by atoms with E-state index in [-0.39, 0.29) is 37.5 Å². The van der Waals surface area contributed by atoms with Gasteiger partial charge < -0.3 is 24.7 Å². The predicted molar refractivity (Wildman–Crippen MR) is 96.7 cm³/mol. The summed E-state index contributed by atoms with van der Waals surface area (Å²) >= 11 is 0. The zero-order valence-electron chi connectivity index (χ0n) is 15.0. The zero-order chi connectivity index (χ0) is 20.4. The van der Waals surface area contributed by atoms with E-state index in [1.807, 2.05) is 0 Å². The second-order valence-electron chi connectivity index (χ2n) is 6.23. The number of benzene rings is 1. The van der Waals surface area contributed by atoms with Crippen LogP contribution in [0.3, 0.4) is 0 Å². The number of pyridine rings is 1. The molecular weight excluding hydrogens is 391 g/mol. The highest BCUT2D eigenvalue weighted by atomic mass is 19.4. The van der Waals surface area contributed by atoms with Gasteiger partial charge in [0.1, 0.15) is 5.52 Å². The van der Waals surface area contributed by atoms with Crippen LogP contribution in [0.25, 0.3) is 11.2 Å². The average molecular weight is 407 g/mol. The Labute approximate surface area is 162 Å². The normalized spacial score (nSPS) is 12.9. The number of hydrogen-bond donors (Lipinski definition) is 2. The molecule has 3 aromatic rings. The van der Waals surface area contributed by atoms with Crippen LogP contribution in [0.4, 0.5) is 23.7 Å². The lowest BCUT2D eigenvalue weighted by Crippen LogP contribution is -2.30. The van der Waals surface area contributed by atoms with Crippen molar-refractivity contribution in [1.29, 1.82) is 0 Å². The molecule has 2 aromatic heterocycles. The lowest BCUT2D eigenvalue weighted by atomic mass is 10.3. The smallest absolute Gasteiger partial charge is 0.449 e. The molecule has 0 bridgehead atoms. The van der Waals surface area contributed by atoms with Gasteiger partial charge in [-0.1, -0.05) is 0 Å². The number of nitrogens with one attached hydrogen (secondary N) is 2. The minimum Gasteiger partial charge on any atom is -0.454 e. The number of carbonyl (C=O) groups excluding carboxylic acids is 1. The number of alkyl halides is 3. The van der Waals surface area contributed by atoms with Crippen LogP contribution in [0.5, 0.6) is 11.5 Å². The second-order valence-corrected chi connectivity index (χ2v) is 6.23. The molecule has 0 atom stereocenters. The molecule has 0 spiro atoms. The molecule has 0 fully saturated rings. The van der Waals surface area contributed by atoms with Crippen LogP contribution in [0.1, 0.15) is 12.2 Å². The Morgan fingerprint density at radius 3 is 2.86 bits per heavy atom. The summed E-state index contributed by atoms with van der Waals surface area (Å²) in [6.45, 7) is 0.301. The van der Waals surface area contributed by atoms with Gasteiger partial charge >= 0.3 is 12.2 Å². The van der Waals surface area contributed by atoms with Gasteiger partial charge in [-0.25, -0.2) is 14.8 Å². The van der Waals surface area contributed by atoms with Crippen LogP contribution in [-0.4, -0.2) is 33.9 Å². The maximum atomic E-state index is 13.3. The molecule has 2 amide bonds. The number of amides is 2.